The maximum atomic E-state index is 11.8. The summed E-state index contributed by atoms with van der Waals surface area (Å²) in [5, 5.41) is 6.17. The molecule has 0 saturated carbocycles. The number of nitrogens with one attached hydrogen (secondary N) is 1. The highest BCUT2D eigenvalue weighted by molar-refractivity contribution is 7.91. The predicted octanol–water partition coefficient (Wildman–Crippen LogP) is 1.24. The predicted molar refractivity (Wildman–Crippen MR) is 50.5 cm³/mol. The van der Waals surface area contributed by atoms with Gasteiger partial charge in [-0.15, -0.1) is 0 Å². The molecule has 0 aliphatic carbocycles. The molecule has 1 aromatic heterocycles. The van der Waals surface area contributed by atoms with Gasteiger partial charge in [-0.3, -0.25) is 5.10 Å². The molecule has 0 amide bonds. The van der Waals surface area contributed by atoms with Crippen LogP contribution in [0.1, 0.15) is 0 Å². The van der Waals surface area contributed by atoms with Gasteiger partial charge >= 0.3 is 0 Å². The molecule has 0 aliphatic rings. The topological polar surface area (TPSA) is 62.8 Å². The molecule has 1 heterocycles. The van der Waals surface area contributed by atoms with Crippen LogP contribution in [0.4, 0.5) is 0 Å². The molecule has 72 valence electrons. The van der Waals surface area contributed by atoms with Crippen molar-refractivity contribution in [2.24, 2.45) is 0 Å². The molecule has 0 aliphatic heterocycles. The number of aromatic amines is 1. The zero-order chi connectivity index (χ0) is 10.0. The molecule has 0 bridgehead atoms. The van der Waals surface area contributed by atoms with E-state index in [4.69, 9.17) is 0 Å². The third-order valence-corrected chi connectivity index (χ3v) is 3.47. The van der Waals surface area contributed by atoms with Crippen LogP contribution in [0.2, 0.25) is 0 Å². The number of aromatic nitrogens is 2. The number of hydrogen-bond donors (Lipinski definition) is 1. The Morgan fingerprint density at radius 1 is 1.07 bits per heavy atom. The van der Waals surface area contributed by atoms with Crippen LogP contribution in [0, 0.1) is 0 Å². The normalized spacial score (nSPS) is 11.4. The Kier molecular flexibility index (Phi) is 2.09. The van der Waals surface area contributed by atoms with E-state index >= 15 is 0 Å². The van der Waals surface area contributed by atoms with Crippen LogP contribution in [0.5, 0.6) is 0 Å². The van der Waals surface area contributed by atoms with Crippen LogP contribution < -0.4 is 0 Å². The van der Waals surface area contributed by atoms with E-state index in [9.17, 15) is 8.42 Å². The largest absolute Gasteiger partial charge is 0.284 e. The van der Waals surface area contributed by atoms with Crippen LogP contribution in [-0.2, 0) is 9.84 Å². The molecule has 0 unspecified atom stereocenters. The summed E-state index contributed by atoms with van der Waals surface area (Å²) in [7, 11) is -3.44. The molecule has 0 spiro atoms. The summed E-state index contributed by atoms with van der Waals surface area (Å²) < 4.78 is 23.6. The number of nitrogens with zero attached hydrogens (tertiary/aromatic N) is 1. The standard InChI is InChI=1S/C9H8N2O2S/c12-14(13,9-6-7-10-11-9)8-4-2-1-3-5-8/h1-7H,(H,10,11). The van der Waals surface area contributed by atoms with E-state index in [1.807, 2.05) is 0 Å². The first-order valence-corrected chi connectivity index (χ1v) is 5.49. The summed E-state index contributed by atoms with van der Waals surface area (Å²) in [5.74, 6) is 0. The highest BCUT2D eigenvalue weighted by Gasteiger charge is 2.18. The SMILES string of the molecule is O=S(=O)(c1ccccc1)c1cc[nH]n1. The summed E-state index contributed by atoms with van der Waals surface area (Å²) in [4.78, 5) is 0.257. The highest BCUT2D eigenvalue weighted by atomic mass is 32.2. The number of sulfone groups is 1. The molecular weight excluding hydrogens is 200 g/mol. The van der Waals surface area contributed by atoms with Crippen LogP contribution in [-0.4, -0.2) is 18.6 Å². The second kappa shape index (κ2) is 3.26. The fourth-order valence-electron chi connectivity index (χ4n) is 1.12. The van der Waals surface area contributed by atoms with E-state index in [-0.39, 0.29) is 9.92 Å². The van der Waals surface area contributed by atoms with Gasteiger partial charge in [-0.05, 0) is 18.2 Å². The van der Waals surface area contributed by atoms with Crippen LogP contribution >= 0.6 is 0 Å². The molecule has 0 saturated heterocycles. The molecule has 0 fully saturated rings. The van der Waals surface area contributed by atoms with Crippen molar-refractivity contribution >= 4 is 9.84 Å². The van der Waals surface area contributed by atoms with E-state index in [0.717, 1.165) is 0 Å². The van der Waals surface area contributed by atoms with E-state index < -0.39 is 9.84 Å². The van der Waals surface area contributed by atoms with Crippen molar-refractivity contribution in [3.8, 4) is 0 Å². The molecule has 0 radical (unpaired) electrons. The lowest BCUT2D eigenvalue weighted by Crippen LogP contribution is -2.01. The average Bonchev–Trinajstić information content (AvgIpc) is 2.72. The highest BCUT2D eigenvalue weighted by Crippen LogP contribution is 2.17. The summed E-state index contributed by atoms with van der Waals surface area (Å²) in [6.45, 7) is 0. The molecule has 14 heavy (non-hydrogen) atoms. The minimum absolute atomic E-state index is 0.0451. The lowest BCUT2D eigenvalue weighted by atomic mass is 10.4. The maximum Gasteiger partial charge on any atom is 0.225 e. The van der Waals surface area contributed by atoms with Gasteiger partial charge in [0.05, 0.1) is 4.90 Å². The first-order valence-electron chi connectivity index (χ1n) is 4.01. The molecular formula is C9H8N2O2S. The van der Waals surface area contributed by atoms with E-state index in [1.165, 1.54) is 12.3 Å². The van der Waals surface area contributed by atoms with Gasteiger partial charge in [-0.25, -0.2) is 8.42 Å². The number of benzene rings is 1. The Balaban J connectivity index is 2.55. The fraction of sp³-hybridized carbons (Fsp3) is 0. The second-order valence-corrected chi connectivity index (χ2v) is 4.63. The fourth-order valence-corrected chi connectivity index (χ4v) is 2.29. The van der Waals surface area contributed by atoms with Crippen molar-refractivity contribution in [2.45, 2.75) is 9.92 Å². The van der Waals surface area contributed by atoms with Gasteiger partial charge in [0, 0.05) is 6.20 Å². The number of rotatable bonds is 2. The Hall–Kier alpha value is -1.62. The summed E-state index contributed by atoms with van der Waals surface area (Å²) in [6, 6.07) is 9.65. The summed E-state index contributed by atoms with van der Waals surface area (Å²) >= 11 is 0. The quantitative estimate of drug-likeness (QED) is 0.807. The van der Waals surface area contributed by atoms with Gasteiger partial charge in [0.15, 0.2) is 5.03 Å². The van der Waals surface area contributed by atoms with Crippen LogP contribution in [0.3, 0.4) is 0 Å². The number of H-pyrrole nitrogens is 1. The molecule has 2 rings (SSSR count). The average molecular weight is 208 g/mol. The maximum absolute atomic E-state index is 11.8. The Morgan fingerprint density at radius 3 is 2.36 bits per heavy atom. The Bertz CT molecular complexity index is 503. The minimum atomic E-state index is -3.44. The van der Waals surface area contributed by atoms with E-state index in [2.05, 4.69) is 10.2 Å². The van der Waals surface area contributed by atoms with Gasteiger partial charge < -0.3 is 0 Å². The van der Waals surface area contributed by atoms with E-state index in [0.29, 0.717) is 0 Å². The smallest absolute Gasteiger partial charge is 0.225 e. The van der Waals surface area contributed by atoms with Gasteiger partial charge in [-0.2, -0.15) is 5.10 Å². The molecule has 1 aromatic carbocycles. The first-order chi connectivity index (χ1) is 6.71. The summed E-state index contributed by atoms with van der Waals surface area (Å²) in [5.41, 5.74) is 0. The van der Waals surface area contributed by atoms with Crippen molar-refractivity contribution in [1.29, 1.82) is 0 Å². The zero-order valence-electron chi connectivity index (χ0n) is 7.21. The summed E-state index contributed by atoms with van der Waals surface area (Å²) in [6.07, 6.45) is 1.48. The van der Waals surface area contributed by atoms with Crippen molar-refractivity contribution in [3.05, 3.63) is 42.6 Å². The van der Waals surface area contributed by atoms with Crippen molar-refractivity contribution < 1.29 is 8.42 Å². The Morgan fingerprint density at radius 2 is 1.79 bits per heavy atom. The second-order valence-electron chi connectivity index (χ2n) is 2.73. The van der Waals surface area contributed by atoms with Gasteiger partial charge in [0.1, 0.15) is 0 Å². The molecule has 4 nitrogen and oxygen atoms in total. The van der Waals surface area contributed by atoms with Crippen molar-refractivity contribution in [1.82, 2.24) is 10.2 Å². The van der Waals surface area contributed by atoms with Crippen LogP contribution in [0.15, 0.2) is 52.5 Å². The lowest BCUT2D eigenvalue weighted by molar-refractivity contribution is 0.592. The van der Waals surface area contributed by atoms with Crippen molar-refractivity contribution in [2.75, 3.05) is 0 Å². The molecule has 0 atom stereocenters. The minimum Gasteiger partial charge on any atom is -0.284 e. The van der Waals surface area contributed by atoms with Gasteiger partial charge in [0.25, 0.3) is 0 Å². The molecule has 1 N–H and O–H groups in total. The monoisotopic (exact) mass is 208 g/mol. The Labute approximate surface area is 81.5 Å². The third-order valence-electron chi connectivity index (χ3n) is 1.80. The van der Waals surface area contributed by atoms with Crippen LogP contribution in [0.25, 0.3) is 0 Å². The van der Waals surface area contributed by atoms with Gasteiger partial charge in [0.2, 0.25) is 9.84 Å². The van der Waals surface area contributed by atoms with Gasteiger partial charge in [-0.1, -0.05) is 18.2 Å². The molecule has 2 aromatic rings. The third kappa shape index (κ3) is 1.42. The van der Waals surface area contributed by atoms with Crippen molar-refractivity contribution in [3.63, 3.8) is 0 Å². The zero-order valence-corrected chi connectivity index (χ0v) is 8.03. The van der Waals surface area contributed by atoms with E-state index in [1.54, 1.807) is 30.3 Å². The molecule has 5 heteroatoms. The first kappa shape index (κ1) is 8.96. The lowest BCUT2D eigenvalue weighted by Gasteiger charge is -1.98. The number of hydrogen-bond acceptors (Lipinski definition) is 3.